The van der Waals surface area contributed by atoms with E-state index in [1.165, 1.54) is 16.4 Å². The number of likely N-dealkylation sites (N-methyl/N-ethyl adjacent to an activating group) is 1. The highest BCUT2D eigenvalue weighted by atomic mass is 35.5. The van der Waals surface area contributed by atoms with Gasteiger partial charge in [-0.15, -0.1) is 12.4 Å². The minimum atomic E-state index is -3.74. The van der Waals surface area contributed by atoms with Gasteiger partial charge < -0.3 is 5.32 Å². The van der Waals surface area contributed by atoms with Gasteiger partial charge in [-0.1, -0.05) is 19.4 Å². The molecule has 0 spiro atoms. The molecule has 1 heterocycles. The van der Waals surface area contributed by atoms with E-state index < -0.39 is 20.0 Å². The quantitative estimate of drug-likeness (QED) is 0.615. The van der Waals surface area contributed by atoms with Crippen LogP contribution in [0.1, 0.15) is 31.7 Å². The molecule has 7 nitrogen and oxygen atoms in total. The van der Waals surface area contributed by atoms with Gasteiger partial charge in [-0.05, 0) is 44.0 Å². The summed E-state index contributed by atoms with van der Waals surface area (Å²) in [5, 5.41) is 3.03. The summed E-state index contributed by atoms with van der Waals surface area (Å²) in [4.78, 5) is 0.0501. The van der Waals surface area contributed by atoms with Crippen molar-refractivity contribution in [2.45, 2.75) is 42.9 Å². The smallest absolute Gasteiger partial charge is 0.243 e. The highest BCUT2D eigenvalue weighted by molar-refractivity contribution is 7.90. The third-order valence-corrected chi connectivity index (χ3v) is 7.75. The van der Waals surface area contributed by atoms with Gasteiger partial charge in [0.05, 0.1) is 9.79 Å². The largest absolute Gasteiger partial charge is 0.316 e. The molecule has 0 amide bonds. The molecule has 2 rings (SSSR count). The number of nitrogens with one attached hydrogen (secondary N) is 2. The van der Waals surface area contributed by atoms with Crippen LogP contribution in [0.25, 0.3) is 0 Å². The summed E-state index contributed by atoms with van der Waals surface area (Å²) in [6.45, 7) is 6.11. The fraction of sp³-hybridized carbons (Fsp3) is 0.625. The van der Waals surface area contributed by atoms with Gasteiger partial charge in [0.25, 0.3) is 0 Å². The number of piperidine rings is 1. The Morgan fingerprint density at radius 2 is 1.69 bits per heavy atom. The Kier molecular flexibility index (Phi) is 8.98. The minimum absolute atomic E-state index is 0. The lowest BCUT2D eigenvalue weighted by Gasteiger charge is -2.26. The summed E-state index contributed by atoms with van der Waals surface area (Å²) in [6.07, 6.45) is 2.69. The van der Waals surface area contributed by atoms with Crippen molar-refractivity contribution in [1.82, 2.24) is 14.3 Å². The monoisotopic (exact) mass is 425 g/mol. The molecule has 150 valence electrons. The number of aryl methyl sites for hydroxylation is 1. The molecule has 1 aliphatic rings. The first kappa shape index (κ1) is 23.3. The Hall–Kier alpha value is -0.710. The molecule has 10 heteroatoms. The summed E-state index contributed by atoms with van der Waals surface area (Å²) in [5.41, 5.74) is 0.553. The lowest BCUT2D eigenvalue weighted by Crippen LogP contribution is -2.36. The van der Waals surface area contributed by atoms with E-state index in [2.05, 4.69) is 10.0 Å². The van der Waals surface area contributed by atoms with Gasteiger partial charge in [-0.2, -0.15) is 4.31 Å². The van der Waals surface area contributed by atoms with Crippen molar-refractivity contribution in [1.29, 1.82) is 0 Å². The number of nitrogens with zero attached hydrogens (tertiary/aromatic N) is 1. The van der Waals surface area contributed by atoms with Gasteiger partial charge in [0.15, 0.2) is 0 Å². The summed E-state index contributed by atoms with van der Waals surface area (Å²) >= 11 is 0. The lowest BCUT2D eigenvalue weighted by atomic mass is 10.2. The molecule has 2 N–H and O–H groups in total. The second-order valence-corrected chi connectivity index (χ2v) is 9.82. The SMILES string of the molecule is CCNCCNS(=O)(=O)c1ccc(C)c(S(=O)(=O)N2CCCCC2)c1.Cl. The molecule has 0 radical (unpaired) electrons. The standard InChI is InChI=1S/C16H27N3O4S2.ClH/c1-3-17-9-10-18-24(20,21)15-8-7-14(2)16(13-15)25(22,23)19-11-5-4-6-12-19;/h7-8,13,17-18H,3-6,9-12H2,1-2H3;1H. The molecule has 0 bridgehead atoms. The average Bonchev–Trinajstić information content (AvgIpc) is 2.59. The maximum atomic E-state index is 12.9. The van der Waals surface area contributed by atoms with Crippen LogP contribution in [0.4, 0.5) is 0 Å². The van der Waals surface area contributed by atoms with Crippen molar-refractivity contribution in [3.05, 3.63) is 23.8 Å². The third kappa shape index (κ3) is 5.64. The van der Waals surface area contributed by atoms with Crippen LogP contribution in [-0.2, 0) is 20.0 Å². The number of benzene rings is 1. The maximum Gasteiger partial charge on any atom is 0.243 e. The highest BCUT2D eigenvalue weighted by Gasteiger charge is 2.28. The summed E-state index contributed by atoms with van der Waals surface area (Å²) in [7, 11) is -7.42. The van der Waals surface area contributed by atoms with Crippen molar-refractivity contribution in [3.8, 4) is 0 Å². The maximum absolute atomic E-state index is 12.9. The summed E-state index contributed by atoms with van der Waals surface area (Å²) < 4.78 is 54.5. The molecule has 1 fully saturated rings. The molecule has 0 saturated carbocycles. The Bertz CT molecular complexity index is 792. The van der Waals surface area contributed by atoms with E-state index in [4.69, 9.17) is 0 Å². The Labute approximate surface area is 163 Å². The highest BCUT2D eigenvalue weighted by Crippen LogP contribution is 2.25. The van der Waals surface area contributed by atoms with Gasteiger partial charge in [-0.3, -0.25) is 0 Å². The van der Waals surface area contributed by atoms with Crippen molar-refractivity contribution in [2.75, 3.05) is 32.7 Å². The lowest BCUT2D eigenvalue weighted by molar-refractivity contribution is 0.346. The molecule has 0 unspecified atom stereocenters. The molecule has 0 aromatic heterocycles. The fourth-order valence-corrected chi connectivity index (χ4v) is 5.70. The van der Waals surface area contributed by atoms with Crippen molar-refractivity contribution in [3.63, 3.8) is 0 Å². The van der Waals surface area contributed by atoms with Crippen molar-refractivity contribution >= 4 is 32.5 Å². The van der Waals surface area contributed by atoms with Gasteiger partial charge in [-0.25, -0.2) is 21.6 Å². The van der Waals surface area contributed by atoms with Crippen LogP contribution in [0.5, 0.6) is 0 Å². The topological polar surface area (TPSA) is 95.6 Å². The van der Waals surface area contributed by atoms with Gasteiger partial charge in [0.2, 0.25) is 20.0 Å². The first-order chi connectivity index (χ1) is 11.8. The van der Waals surface area contributed by atoms with Crippen LogP contribution in [0.2, 0.25) is 0 Å². The molecule has 1 saturated heterocycles. The fourth-order valence-electron chi connectivity index (χ4n) is 2.80. The Balaban J connectivity index is 0.00000338. The van der Waals surface area contributed by atoms with Crippen LogP contribution in [0, 0.1) is 6.92 Å². The van der Waals surface area contributed by atoms with E-state index in [9.17, 15) is 16.8 Å². The number of halogens is 1. The molecule has 26 heavy (non-hydrogen) atoms. The van der Waals surface area contributed by atoms with Gasteiger partial charge >= 0.3 is 0 Å². The van der Waals surface area contributed by atoms with E-state index in [0.717, 1.165) is 25.8 Å². The summed E-state index contributed by atoms with van der Waals surface area (Å²) in [5.74, 6) is 0. The normalized spacial score (nSPS) is 16.2. The van der Waals surface area contributed by atoms with Crippen LogP contribution < -0.4 is 10.0 Å². The molecule has 0 atom stereocenters. The molecule has 1 aliphatic heterocycles. The van der Waals surface area contributed by atoms with E-state index in [0.29, 0.717) is 25.2 Å². The molecule has 1 aromatic carbocycles. The Morgan fingerprint density at radius 1 is 1.04 bits per heavy atom. The molecular formula is C16H28ClN3O4S2. The molecule has 0 aliphatic carbocycles. The predicted molar refractivity (Wildman–Crippen MR) is 105 cm³/mol. The van der Waals surface area contributed by atoms with E-state index in [1.807, 2.05) is 6.92 Å². The first-order valence-electron chi connectivity index (χ1n) is 8.60. The second kappa shape index (κ2) is 10.0. The van der Waals surface area contributed by atoms with Gasteiger partial charge in [0.1, 0.15) is 0 Å². The van der Waals surface area contributed by atoms with E-state index in [-0.39, 0.29) is 28.7 Å². The second-order valence-electron chi connectivity index (χ2n) is 6.14. The minimum Gasteiger partial charge on any atom is -0.316 e. The number of sulfonamides is 2. The van der Waals surface area contributed by atoms with Gasteiger partial charge in [0, 0.05) is 26.2 Å². The van der Waals surface area contributed by atoms with Crippen LogP contribution >= 0.6 is 12.4 Å². The Morgan fingerprint density at radius 3 is 2.31 bits per heavy atom. The zero-order chi connectivity index (χ0) is 18.5. The zero-order valence-corrected chi connectivity index (χ0v) is 17.6. The van der Waals surface area contributed by atoms with Crippen LogP contribution in [-0.4, -0.2) is 53.9 Å². The third-order valence-electron chi connectivity index (χ3n) is 4.25. The van der Waals surface area contributed by atoms with E-state index >= 15 is 0 Å². The number of rotatable bonds is 8. The van der Waals surface area contributed by atoms with Crippen LogP contribution in [0.15, 0.2) is 28.0 Å². The first-order valence-corrected chi connectivity index (χ1v) is 11.5. The molecular weight excluding hydrogens is 398 g/mol. The summed E-state index contributed by atoms with van der Waals surface area (Å²) in [6, 6.07) is 4.27. The average molecular weight is 426 g/mol. The predicted octanol–water partition coefficient (Wildman–Crippen LogP) is 1.48. The number of hydrogen-bond acceptors (Lipinski definition) is 5. The number of hydrogen-bond donors (Lipinski definition) is 2. The van der Waals surface area contributed by atoms with Crippen molar-refractivity contribution in [2.24, 2.45) is 0 Å². The zero-order valence-electron chi connectivity index (χ0n) is 15.2. The van der Waals surface area contributed by atoms with E-state index in [1.54, 1.807) is 13.0 Å². The molecule has 1 aromatic rings. The van der Waals surface area contributed by atoms with Crippen LogP contribution in [0.3, 0.4) is 0 Å². The van der Waals surface area contributed by atoms with Crippen molar-refractivity contribution < 1.29 is 16.8 Å².